The molecule has 2 aromatic heterocycles. The number of hydrogen-bond donors (Lipinski definition) is 1. The molecule has 0 aliphatic carbocycles. The highest BCUT2D eigenvalue weighted by Crippen LogP contribution is 2.29. The molecule has 170 valence electrons. The Morgan fingerprint density at radius 2 is 2.00 bits per heavy atom. The van der Waals surface area contributed by atoms with Crippen LogP contribution in [-0.2, 0) is 0 Å². The van der Waals surface area contributed by atoms with Crippen molar-refractivity contribution in [2.24, 2.45) is 5.92 Å². The molecule has 9 heteroatoms. The zero-order valence-corrected chi connectivity index (χ0v) is 18.5. The Kier molecular flexibility index (Phi) is 5.53. The van der Waals surface area contributed by atoms with Crippen molar-refractivity contribution in [1.29, 1.82) is 0 Å². The Morgan fingerprint density at radius 1 is 1.21 bits per heavy atom. The van der Waals surface area contributed by atoms with Crippen molar-refractivity contribution in [2.45, 2.75) is 32.7 Å². The molecular formula is C24H25FN6O2. The number of para-hydroxylation sites is 2. The minimum absolute atomic E-state index is 0.0777. The number of carbonyl (C=O) groups excluding carboxylic acids is 1. The summed E-state index contributed by atoms with van der Waals surface area (Å²) in [5, 5.41) is 11.4. The first-order valence-electron chi connectivity index (χ1n) is 11.1. The molecule has 0 bridgehead atoms. The Morgan fingerprint density at radius 3 is 2.79 bits per heavy atom. The van der Waals surface area contributed by atoms with E-state index in [0.717, 1.165) is 18.4 Å². The van der Waals surface area contributed by atoms with Gasteiger partial charge in [-0.25, -0.2) is 4.39 Å². The van der Waals surface area contributed by atoms with E-state index in [4.69, 9.17) is 4.42 Å². The lowest BCUT2D eigenvalue weighted by atomic mass is 9.90. The highest BCUT2D eigenvalue weighted by molar-refractivity contribution is 5.98. The van der Waals surface area contributed by atoms with E-state index < -0.39 is 5.82 Å². The molecule has 1 N–H and O–H groups in total. The van der Waals surface area contributed by atoms with Gasteiger partial charge in [-0.1, -0.05) is 25.1 Å². The Labute approximate surface area is 190 Å². The number of piperidine rings is 1. The first kappa shape index (κ1) is 21.1. The van der Waals surface area contributed by atoms with Crippen LogP contribution >= 0.6 is 0 Å². The molecule has 1 aliphatic rings. The molecular weight excluding hydrogens is 423 g/mol. The first-order valence-corrected chi connectivity index (χ1v) is 11.1. The molecule has 3 heterocycles. The standard InChI is InChI=1S/C24H25FN6O2/c1-15-6-5-13-30(19(15)14-26-24-29-18-7-3-4-8-20(18)33-24)23(32)17-10-9-16(2)21(25)22(17)31-27-11-12-28-31/h3-4,7-12,15,19H,5-6,13-14H2,1-2H3,(H,26,29). The first-order chi connectivity index (χ1) is 16.0. The number of amides is 1. The van der Waals surface area contributed by atoms with E-state index >= 15 is 4.39 Å². The minimum Gasteiger partial charge on any atom is -0.424 e. The van der Waals surface area contributed by atoms with Crippen LogP contribution in [0.4, 0.5) is 10.4 Å². The van der Waals surface area contributed by atoms with Crippen LogP contribution in [0.25, 0.3) is 16.8 Å². The van der Waals surface area contributed by atoms with Crippen molar-refractivity contribution >= 4 is 23.0 Å². The lowest BCUT2D eigenvalue weighted by Gasteiger charge is -2.40. The van der Waals surface area contributed by atoms with Crippen molar-refractivity contribution in [1.82, 2.24) is 24.9 Å². The van der Waals surface area contributed by atoms with Gasteiger partial charge in [0.15, 0.2) is 11.4 Å². The number of carbonyl (C=O) groups is 1. The molecule has 1 saturated heterocycles. The van der Waals surface area contributed by atoms with Crippen LogP contribution < -0.4 is 5.32 Å². The summed E-state index contributed by atoms with van der Waals surface area (Å²) in [4.78, 5) is 21.2. The van der Waals surface area contributed by atoms with E-state index in [1.807, 2.05) is 29.2 Å². The molecule has 33 heavy (non-hydrogen) atoms. The molecule has 0 saturated carbocycles. The maximum Gasteiger partial charge on any atom is 0.295 e. The van der Waals surface area contributed by atoms with Gasteiger partial charge in [-0.3, -0.25) is 4.79 Å². The monoisotopic (exact) mass is 448 g/mol. The predicted molar refractivity (Wildman–Crippen MR) is 122 cm³/mol. The summed E-state index contributed by atoms with van der Waals surface area (Å²) in [6.45, 7) is 4.85. The zero-order chi connectivity index (χ0) is 22.9. The summed E-state index contributed by atoms with van der Waals surface area (Å²) < 4.78 is 20.9. The highest BCUT2D eigenvalue weighted by Gasteiger charge is 2.34. The number of halogens is 1. The third-order valence-electron chi connectivity index (χ3n) is 6.29. The van der Waals surface area contributed by atoms with Gasteiger partial charge in [-0.15, -0.1) is 4.80 Å². The number of likely N-dealkylation sites (tertiary alicyclic amines) is 1. The van der Waals surface area contributed by atoms with Gasteiger partial charge in [0.1, 0.15) is 11.2 Å². The number of benzene rings is 2. The number of hydrogen-bond acceptors (Lipinski definition) is 6. The van der Waals surface area contributed by atoms with E-state index in [-0.39, 0.29) is 29.1 Å². The van der Waals surface area contributed by atoms with Crippen LogP contribution in [-0.4, -0.2) is 49.9 Å². The summed E-state index contributed by atoms with van der Waals surface area (Å²) in [5.74, 6) is -0.485. The van der Waals surface area contributed by atoms with Crippen LogP contribution in [0.1, 0.15) is 35.7 Å². The predicted octanol–water partition coefficient (Wildman–Crippen LogP) is 4.21. The number of anilines is 1. The van der Waals surface area contributed by atoms with Gasteiger partial charge in [-0.05, 0) is 49.4 Å². The Balaban J connectivity index is 1.43. The van der Waals surface area contributed by atoms with E-state index in [1.165, 1.54) is 17.2 Å². The number of nitrogens with one attached hydrogen (secondary N) is 1. The quantitative estimate of drug-likeness (QED) is 0.492. The van der Waals surface area contributed by atoms with Crippen molar-refractivity contribution < 1.29 is 13.6 Å². The average molecular weight is 449 g/mol. The summed E-state index contributed by atoms with van der Waals surface area (Å²) in [5.41, 5.74) is 2.23. The summed E-state index contributed by atoms with van der Waals surface area (Å²) >= 11 is 0. The van der Waals surface area contributed by atoms with E-state index in [0.29, 0.717) is 30.3 Å². The SMILES string of the molecule is Cc1ccc(C(=O)N2CCCC(C)C2CNc2nc3ccccc3o2)c(-n2nccn2)c1F. The number of aryl methyl sites for hydroxylation is 1. The normalized spacial score (nSPS) is 18.6. The molecule has 1 amide bonds. The fourth-order valence-corrected chi connectivity index (χ4v) is 4.47. The summed E-state index contributed by atoms with van der Waals surface area (Å²) in [6.07, 6.45) is 4.81. The number of oxazole rings is 1. The molecule has 5 rings (SSSR count). The van der Waals surface area contributed by atoms with Crippen LogP contribution in [0.2, 0.25) is 0 Å². The molecule has 8 nitrogen and oxygen atoms in total. The fourth-order valence-electron chi connectivity index (χ4n) is 4.47. The zero-order valence-electron chi connectivity index (χ0n) is 18.5. The second-order valence-corrected chi connectivity index (χ2v) is 8.46. The number of rotatable bonds is 5. The van der Waals surface area contributed by atoms with Crippen molar-refractivity contribution in [3.8, 4) is 5.69 Å². The largest absolute Gasteiger partial charge is 0.424 e. The van der Waals surface area contributed by atoms with Gasteiger partial charge in [-0.2, -0.15) is 15.2 Å². The van der Waals surface area contributed by atoms with E-state index in [1.54, 1.807) is 19.1 Å². The fraction of sp³-hybridized carbons (Fsp3) is 0.333. The lowest BCUT2D eigenvalue weighted by molar-refractivity contribution is 0.0538. The van der Waals surface area contributed by atoms with Crippen LogP contribution in [0.5, 0.6) is 0 Å². The molecule has 1 fully saturated rings. The van der Waals surface area contributed by atoms with Gasteiger partial charge < -0.3 is 14.6 Å². The third-order valence-corrected chi connectivity index (χ3v) is 6.29. The van der Waals surface area contributed by atoms with E-state index in [9.17, 15) is 4.79 Å². The van der Waals surface area contributed by atoms with Crippen molar-refractivity contribution in [2.75, 3.05) is 18.4 Å². The summed E-state index contributed by atoms with van der Waals surface area (Å²) in [7, 11) is 0. The molecule has 2 atom stereocenters. The van der Waals surface area contributed by atoms with Crippen molar-refractivity contribution in [3.63, 3.8) is 0 Å². The molecule has 4 aromatic rings. The molecule has 1 aliphatic heterocycles. The lowest BCUT2D eigenvalue weighted by Crippen LogP contribution is -2.51. The van der Waals surface area contributed by atoms with Crippen molar-refractivity contribution in [3.05, 3.63) is 65.7 Å². The topological polar surface area (TPSA) is 89.1 Å². The van der Waals surface area contributed by atoms with Gasteiger partial charge in [0.25, 0.3) is 11.9 Å². The van der Waals surface area contributed by atoms with Gasteiger partial charge in [0, 0.05) is 13.1 Å². The molecule has 0 radical (unpaired) electrons. The minimum atomic E-state index is -0.497. The highest BCUT2D eigenvalue weighted by atomic mass is 19.1. The Hall–Kier alpha value is -3.75. The van der Waals surface area contributed by atoms with Gasteiger partial charge in [0.2, 0.25) is 0 Å². The molecule has 2 aromatic carbocycles. The van der Waals surface area contributed by atoms with Gasteiger partial charge in [0.05, 0.1) is 24.0 Å². The summed E-state index contributed by atoms with van der Waals surface area (Å²) in [6, 6.07) is 11.1. The number of fused-ring (bicyclic) bond motifs is 1. The maximum atomic E-state index is 15.1. The van der Waals surface area contributed by atoms with E-state index in [2.05, 4.69) is 27.4 Å². The van der Waals surface area contributed by atoms with Crippen LogP contribution in [0.15, 0.2) is 53.2 Å². The third kappa shape index (κ3) is 3.94. The van der Waals surface area contributed by atoms with Crippen LogP contribution in [0.3, 0.4) is 0 Å². The smallest absolute Gasteiger partial charge is 0.295 e. The van der Waals surface area contributed by atoms with Gasteiger partial charge >= 0.3 is 0 Å². The molecule has 2 unspecified atom stereocenters. The van der Waals surface area contributed by atoms with Crippen LogP contribution in [0, 0.1) is 18.7 Å². The number of nitrogens with zero attached hydrogens (tertiary/aromatic N) is 5. The average Bonchev–Trinajstić information content (AvgIpc) is 3.49. The second-order valence-electron chi connectivity index (χ2n) is 8.46. The molecule has 0 spiro atoms. The maximum absolute atomic E-state index is 15.1. The number of aromatic nitrogens is 4. The second kappa shape index (κ2) is 8.65. The Bertz CT molecular complexity index is 1250.